The number of methoxy groups -OCH3 is 2. The molecule has 0 saturated carbocycles. The highest BCUT2D eigenvalue weighted by atomic mass is 16.5. The molecule has 0 saturated heterocycles. The molecule has 2 aromatic rings. The topological polar surface area (TPSA) is 55.8 Å². The van der Waals surface area contributed by atoms with Gasteiger partial charge in [-0.1, -0.05) is 30.3 Å². The molecule has 0 radical (unpaired) electrons. The van der Waals surface area contributed by atoms with Gasteiger partial charge in [-0.25, -0.2) is 4.79 Å². The van der Waals surface area contributed by atoms with Gasteiger partial charge in [0.05, 0.1) is 14.2 Å². The first kappa shape index (κ1) is 19.0. The molecule has 1 N–H and O–H groups in total. The Morgan fingerprint density at radius 2 is 1.60 bits per heavy atom. The van der Waals surface area contributed by atoms with Gasteiger partial charge in [0.15, 0.2) is 0 Å². The highest BCUT2D eigenvalue weighted by molar-refractivity contribution is 5.92. The SMILES string of the molecule is COC(=O)c1cc(CCc2cccc(CCCCO)c2)ccc1OC. The fourth-order valence-electron chi connectivity index (χ4n) is 2.85. The minimum Gasteiger partial charge on any atom is -0.496 e. The van der Waals surface area contributed by atoms with Crippen molar-refractivity contribution in [1.29, 1.82) is 0 Å². The Hall–Kier alpha value is -2.33. The van der Waals surface area contributed by atoms with Crippen LogP contribution in [0.1, 0.15) is 39.9 Å². The van der Waals surface area contributed by atoms with Crippen LogP contribution in [-0.4, -0.2) is 31.9 Å². The average Bonchev–Trinajstić information content (AvgIpc) is 2.66. The van der Waals surface area contributed by atoms with E-state index in [4.69, 9.17) is 14.6 Å². The second-order valence-corrected chi connectivity index (χ2v) is 6.03. The maximum atomic E-state index is 11.9. The molecule has 2 rings (SSSR count). The van der Waals surface area contributed by atoms with Crippen molar-refractivity contribution < 1.29 is 19.4 Å². The summed E-state index contributed by atoms with van der Waals surface area (Å²) in [5.41, 5.74) is 4.11. The quantitative estimate of drug-likeness (QED) is 0.559. The standard InChI is InChI=1S/C21H26O4/c1-24-20-12-11-18(15-19(20)21(23)25-2)10-9-17-8-5-7-16(14-17)6-3-4-13-22/h5,7-8,11-12,14-15,22H,3-4,6,9-10,13H2,1-2H3. The Kier molecular flexibility index (Phi) is 7.48. The third-order valence-corrected chi connectivity index (χ3v) is 4.24. The number of ether oxygens (including phenoxy) is 2. The van der Waals surface area contributed by atoms with E-state index in [1.54, 1.807) is 7.11 Å². The van der Waals surface area contributed by atoms with Gasteiger partial charge in [0.25, 0.3) is 0 Å². The Bertz CT molecular complexity index is 694. The van der Waals surface area contributed by atoms with E-state index in [1.807, 2.05) is 18.2 Å². The molecule has 0 aliphatic carbocycles. The molecule has 4 heteroatoms. The molecule has 0 aromatic heterocycles. The zero-order valence-corrected chi connectivity index (χ0v) is 15.0. The molecule has 0 aliphatic rings. The summed E-state index contributed by atoms with van der Waals surface area (Å²) in [6, 6.07) is 14.2. The van der Waals surface area contributed by atoms with Gasteiger partial charge in [0.1, 0.15) is 11.3 Å². The molecule has 0 spiro atoms. The van der Waals surface area contributed by atoms with Gasteiger partial charge in [-0.3, -0.25) is 0 Å². The van der Waals surface area contributed by atoms with E-state index in [0.29, 0.717) is 11.3 Å². The smallest absolute Gasteiger partial charge is 0.341 e. The first-order valence-electron chi connectivity index (χ1n) is 8.62. The first-order chi connectivity index (χ1) is 12.2. The number of hydrogen-bond acceptors (Lipinski definition) is 4. The molecule has 2 aromatic carbocycles. The molecule has 0 bridgehead atoms. The van der Waals surface area contributed by atoms with Crippen molar-refractivity contribution >= 4 is 5.97 Å². The lowest BCUT2D eigenvalue weighted by Crippen LogP contribution is -2.05. The number of rotatable bonds is 9. The van der Waals surface area contributed by atoms with Crippen molar-refractivity contribution in [3.05, 3.63) is 64.7 Å². The van der Waals surface area contributed by atoms with Crippen LogP contribution in [0.4, 0.5) is 0 Å². The molecular weight excluding hydrogens is 316 g/mol. The van der Waals surface area contributed by atoms with E-state index >= 15 is 0 Å². The number of unbranched alkanes of at least 4 members (excludes halogenated alkanes) is 1. The highest BCUT2D eigenvalue weighted by Gasteiger charge is 2.13. The van der Waals surface area contributed by atoms with Crippen LogP contribution in [0, 0.1) is 0 Å². The van der Waals surface area contributed by atoms with Gasteiger partial charge in [-0.15, -0.1) is 0 Å². The van der Waals surface area contributed by atoms with Gasteiger partial charge < -0.3 is 14.6 Å². The fraction of sp³-hybridized carbons (Fsp3) is 0.381. The van der Waals surface area contributed by atoms with Gasteiger partial charge >= 0.3 is 5.97 Å². The van der Waals surface area contributed by atoms with E-state index in [9.17, 15) is 4.79 Å². The van der Waals surface area contributed by atoms with E-state index in [1.165, 1.54) is 18.2 Å². The number of hydrogen-bond donors (Lipinski definition) is 1. The summed E-state index contributed by atoms with van der Waals surface area (Å²) in [6.45, 7) is 0.250. The second kappa shape index (κ2) is 9.84. The number of carbonyl (C=O) groups excluding carboxylic acids is 1. The molecule has 0 unspecified atom stereocenters. The maximum Gasteiger partial charge on any atom is 0.341 e. The van der Waals surface area contributed by atoms with Gasteiger partial charge in [-0.2, -0.15) is 0 Å². The first-order valence-corrected chi connectivity index (χ1v) is 8.62. The number of aliphatic hydroxyl groups excluding tert-OH is 1. The minimum atomic E-state index is -0.385. The van der Waals surface area contributed by atoms with E-state index < -0.39 is 0 Å². The molecule has 134 valence electrons. The van der Waals surface area contributed by atoms with Crippen molar-refractivity contribution in [3.63, 3.8) is 0 Å². The third-order valence-electron chi connectivity index (χ3n) is 4.24. The van der Waals surface area contributed by atoms with E-state index in [2.05, 4.69) is 24.3 Å². The van der Waals surface area contributed by atoms with Crippen LogP contribution in [0.15, 0.2) is 42.5 Å². The summed E-state index contributed by atoms with van der Waals surface area (Å²) in [4.78, 5) is 11.9. The highest BCUT2D eigenvalue weighted by Crippen LogP contribution is 2.22. The minimum absolute atomic E-state index is 0.250. The summed E-state index contributed by atoms with van der Waals surface area (Å²) in [5, 5.41) is 8.88. The fourth-order valence-corrected chi connectivity index (χ4v) is 2.85. The molecular formula is C21H26O4. The number of esters is 1. The van der Waals surface area contributed by atoms with Crippen molar-refractivity contribution in [3.8, 4) is 5.75 Å². The van der Waals surface area contributed by atoms with Crippen LogP contribution in [0.5, 0.6) is 5.75 Å². The summed E-state index contributed by atoms with van der Waals surface area (Å²) in [5.74, 6) is 0.145. The van der Waals surface area contributed by atoms with Crippen LogP contribution in [0.25, 0.3) is 0 Å². The Morgan fingerprint density at radius 3 is 2.24 bits per heavy atom. The van der Waals surface area contributed by atoms with Crippen LogP contribution >= 0.6 is 0 Å². The molecule has 0 atom stereocenters. The van der Waals surface area contributed by atoms with E-state index in [0.717, 1.165) is 37.7 Å². The second-order valence-electron chi connectivity index (χ2n) is 6.03. The number of aryl methyl sites for hydroxylation is 3. The molecule has 0 heterocycles. The lowest BCUT2D eigenvalue weighted by atomic mass is 9.99. The Morgan fingerprint density at radius 1 is 0.920 bits per heavy atom. The monoisotopic (exact) mass is 342 g/mol. The molecule has 0 amide bonds. The van der Waals surface area contributed by atoms with Crippen molar-refractivity contribution in [2.45, 2.75) is 32.1 Å². The Balaban J connectivity index is 2.03. The maximum absolute atomic E-state index is 11.9. The predicted molar refractivity (Wildman–Crippen MR) is 98.2 cm³/mol. The van der Waals surface area contributed by atoms with E-state index in [-0.39, 0.29) is 12.6 Å². The van der Waals surface area contributed by atoms with Gasteiger partial charge in [0, 0.05) is 6.61 Å². The number of benzene rings is 2. The zero-order chi connectivity index (χ0) is 18.1. The van der Waals surface area contributed by atoms with Gasteiger partial charge in [-0.05, 0) is 60.9 Å². The summed E-state index contributed by atoms with van der Waals surface area (Å²) in [6.07, 6.45) is 4.57. The molecule has 0 aliphatic heterocycles. The lowest BCUT2D eigenvalue weighted by molar-refractivity contribution is 0.0597. The molecule has 0 fully saturated rings. The Labute approximate surface area is 149 Å². The third kappa shape index (κ3) is 5.61. The van der Waals surface area contributed by atoms with Crippen molar-refractivity contribution in [2.24, 2.45) is 0 Å². The van der Waals surface area contributed by atoms with Crippen LogP contribution in [-0.2, 0) is 24.0 Å². The molecule has 4 nitrogen and oxygen atoms in total. The van der Waals surface area contributed by atoms with Crippen LogP contribution < -0.4 is 4.74 Å². The van der Waals surface area contributed by atoms with Gasteiger partial charge in [0.2, 0.25) is 0 Å². The van der Waals surface area contributed by atoms with Crippen LogP contribution in [0.2, 0.25) is 0 Å². The zero-order valence-electron chi connectivity index (χ0n) is 15.0. The number of carbonyl (C=O) groups is 1. The predicted octanol–water partition coefficient (Wildman–Crippen LogP) is 3.58. The normalized spacial score (nSPS) is 10.5. The summed E-state index contributed by atoms with van der Waals surface area (Å²) < 4.78 is 10.1. The molecule has 25 heavy (non-hydrogen) atoms. The lowest BCUT2D eigenvalue weighted by Gasteiger charge is -2.10. The van der Waals surface area contributed by atoms with Crippen molar-refractivity contribution in [1.82, 2.24) is 0 Å². The summed E-state index contributed by atoms with van der Waals surface area (Å²) in [7, 11) is 2.92. The van der Waals surface area contributed by atoms with Crippen molar-refractivity contribution in [2.75, 3.05) is 20.8 Å². The average molecular weight is 342 g/mol. The number of aliphatic hydroxyl groups is 1. The summed E-state index contributed by atoms with van der Waals surface area (Å²) >= 11 is 0. The largest absolute Gasteiger partial charge is 0.496 e. The van der Waals surface area contributed by atoms with Crippen LogP contribution in [0.3, 0.4) is 0 Å².